The van der Waals surface area contributed by atoms with Gasteiger partial charge in [0.1, 0.15) is 5.60 Å². The van der Waals surface area contributed by atoms with Crippen molar-refractivity contribution >= 4 is 36.8 Å². The fraction of sp³-hybridized carbons (Fsp3) is 0.464. The van der Waals surface area contributed by atoms with Crippen molar-refractivity contribution in [1.82, 2.24) is 0 Å². The van der Waals surface area contributed by atoms with E-state index in [2.05, 4.69) is 114 Å². The number of benzene rings is 5. The fourth-order valence-electron chi connectivity index (χ4n) is 10.3. The first-order valence-corrected chi connectivity index (χ1v) is 30.4. The van der Waals surface area contributed by atoms with Gasteiger partial charge in [0.25, 0.3) is 8.32 Å². The third-order valence-corrected chi connectivity index (χ3v) is 26.6. The first-order valence-electron chi connectivity index (χ1n) is 24.5. The highest BCUT2D eigenvalue weighted by molar-refractivity contribution is 7.93. The zero-order valence-electron chi connectivity index (χ0n) is 41.1. The van der Waals surface area contributed by atoms with E-state index in [1.54, 1.807) is 12.1 Å². The quantitative estimate of drug-likeness (QED) is 0.0363. The number of hydrogen-bond donors (Lipinski definition) is 0. The van der Waals surface area contributed by atoms with E-state index >= 15 is 8.42 Å². The highest BCUT2D eigenvalue weighted by Gasteiger charge is 2.77. The molecule has 8 nitrogen and oxygen atoms in total. The van der Waals surface area contributed by atoms with Gasteiger partial charge in [0.2, 0.25) is 14.8 Å². The third kappa shape index (κ3) is 11.2. The molecule has 2 fully saturated rings. The standard InChI is InChI=1S/C56H74O8SSi2/c1-9-66(10-2,11-3)63-53-51(60-42-46-27-18-13-19-28-46)39-47(29-24-38-59-41-45-25-16-12-17-26-45)62-52(53)40-56(65(57,58)48-36-34-44(4)35-37-48)55(8,64-56)43-61-67(54(5,6)7,49-30-20-14-21-31-49)50-32-22-15-23-33-50/h12-23,25-28,30-37,47,51-53H,9-11,24,29,38-43H2,1-8H3/t47-,51+,52-,53+,55+,56-/m1/s1. The van der Waals surface area contributed by atoms with Crippen LogP contribution in [0.2, 0.25) is 23.2 Å². The van der Waals surface area contributed by atoms with Crippen LogP contribution in [0.1, 0.15) is 90.8 Å². The normalized spacial score (nSPS) is 23.5. The molecule has 5 aromatic carbocycles. The highest BCUT2D eigenvalue weighted by atomic mass is 32.2. The molecule has 0 spiro atoms. The topological polar surface area (TPSA) is 92.8 Å². The predicted octanol–water partition coefficient (Wildman–Crippen LogP) is 11.4. The van der Waals surface area contributed by atoms with Crippen molar-refractivity contribution in [2.45, 2.75) is 157 Å². The van der Waals surface area contributed by atoms with E-state index in [0.717, 1.165) is 51.6 Å². The predicted molar refractivity (Wildman–Crippen MR) is 274 cm³/mol. The molecule has 0 saturated carbocycles. The van der Waals surface area contributed by atoms with Crippen molar-refractivity contribution in [2.75, 3.05) is 13.2 Å². The largest absolute Gasteiger partial charge is 0.409 e. The van der Waals surface area contributed by atoms with Gasteiger partial charge in [-0.3, -0.25) is 0 Å². The maximum absolute atomic E-state index is 15.7. The third-order valence-electron chi connectivity index (χ3n) is 14.5. The van der Waals surface area contributed by atoms with Crippen LogP contribution in [-0.4, -0.2) is 73.2 Å². The summed E-state index contributed by atoms with van der Waals surface area (Å²) >= 11 is 0. The Kier molecular flexibility index (Phi) is 16.7. The Morgan fingerprint density at radius 2 is 1.24 bits per heavy atom. The van der Waals surface area contributed by atoms with E-state index in [1.165, 1.54) is 0 Å². The molecule has 360 valence electrons. The fourth-order valence-corrected chi connectivity index (χ4v) is 20.0. The number of sulfone groups is 1. The number of rotatable bonds is 23. The zero-order chi connectivity index (χ0) is 47.8. The average molecular weight is 963 g/mol. The van der Waals surface area contributed by atoms with Gasteiger partial charge in [0, 0.05) is 19.4 Å². The maximum Gasteiger partial charge on any atom is 0.261 e. The molecule has 2 saturated heterocycles. The smallest absolute Gasteiger partial charge is 0.261 e. The maximum atomic E-state index is 15.7. The lowest BCUT2D eigenvalue weighted by atomic mass is 9.91. The van der Waals surface area contributed by atoms with Gasteiger partial charge in [0.05, 0.1) is 49.1 Å². The van der Waals surface area contributed by atoms with E-state index < -0.39 is 49.2 Å². The Morgan fingerprint density at radius 3 is 1.76 bits per heavy atom. The SMILES string of the molecule is CC[Si](CC)(CC)O[C@H]1[C@@H](OCc2ccccc2)C[C@@H](CCCOCc2ccccc2)O[C@@H]1C[C@]1(S(=O)(=O)c2ccc(C)cc2)O[C@@]1(C)CO[Si](c1ccccc1)(c1ccccc1)C(C)(C)C. The summed E-state index contributed by atoms with van der Waals surface area (Å²) in [6, 6.07) is 51.2. The lowest BCUT2D eigenvalue weighted by Gasteiger charge is -2.46. The van der Waals surface area contributed by atoms with Crippen molar-refractivity contribution in [3.8, 4) is 0 Å². The molecule has 0 aromatic heterocycles. The van der Waals surface area contributed by atoms with Gasteiger partial charge in [-0.1, -0.05) is 181 Å². The van der Waals surface area contributed by atoms with Crippen molar-refractivity contribution in [3.63, 3.8) is 0 Å². The molecule has 0 radical (unpaired) electrons. The molecule has 0 unspecified atom stereocenters. The van der Waals surface area contributed by atoms with Crippen LogP contribution in [0.25, 0.3) is 0 Å². The molecule has 2 aliphatic heterocycles. The van der Waals surface area contributed by atoms with Crippen LogP contribution in [0, 0.1) is 6.92 Å². The lowest BCUT2D eigenvalue weighted by molar-refractivity contribution is -0.187. The summed E-state index contributed by atoms with van der Waals surface area (Å²) in [7, 11) is -9.60. The average Bonchev–Trinajstić information content (AvgIpc) is 3.96. The summed E-state index contributed by atoms with van der Waals surface area (Å²) in [5, 5.41) is 1.90. The zero-order valence-corrected chi connectivity index (χ0v) is 43.9. The molecule has 67 heavy (non-hydrogen) atoms. The Balaban J connectivity index is 1.28. The van der Waals surface area contributed by atoms with Crippen LogP contribution < -0.4 is 10.4 Å². The highest BCUT2D eigenvalue weighted by Crippen LogP contribution is 2.59. The van der Waals surface area contributed by atoms with E-state index in [0.29, 0.717) is 32.7 Å². The molecule has 7 rings (SSSR count). The Hall–Kier alpha value is -3.76. The number of hydrogen-bond acceptors (Lipinski definition) is 8. The lowest BCUT2D eigenvalue weighted by Crippen LogP contribution is -2.67. The summed E-state index contributed by atoms with van der Waals surface area (Å²) < 4.78 is 73.7. The molecule has 0 aliphatic carbocycles. The van der Waals surface area contributed by atoms with Crippen molar-refractivity contribution in [2.24, 2.45) is 0 Å². The summed E-state index contributed by atoms with van der Waals surface area (Å²) in [5.41, 5.74) is 1.93. The molecule has 11 heteroatoms. The van der Waals surface area contributed by atoms with Crippen LogP contribution in [0.4, 0.5) is 0 Å². The minimum atomic E-state index is -4.18. The van der Waals surface area contributed by atoms with Gasteiger partial charge in [0.15, 0.2) is 8.32 Å². The summed E-state index contributed by atoms with van der Waals surface area (Å²) in [4.78, 5) is -1.49. The van der Waals surface area contributed by atoms with Crippen molar-refractivity contribution < 1.29 is 36.2 Å². The minimum absolute atomic E-state index is 0.0440. The van der Waals surface area contributed by atoms with Gasteiger partial charge in [-0.15, -0.1) is 0 Å². The first kappa shape index (κ1) is 51.1. The van der Waals surface area contributed by atoms with Crippen LogP contribution in [-0.2, 0) is 50.9 Å². The van der Waals surface area contributed by atoms with Crippen molar-refractivity contribution in [3.05, 3.63) is 162 Å². The van der Waals surface area contributed by atoms with Gasteiger partial charge in [-0.25, -0.2) is 8.42 Å². The van der Waals surface area contributed by atoms with Crippen LogP contribution in [0.3, 0.4) is 0 Å². The van der Waals surface area contributed by atoms with Gasteiger partial charge >= 0.3 is 0 Å². The number of aryl methyl sites for hydroxylation is 1. The van der Waals surface area contributed by atoms with Crippen LogP contribution >= 0.6 is 0 Å². The summed E-state index contributed by atoms with van der Waals surface area (Å²) in [6.07, 6.45) is 0.351. The second kappa shape index (κ2) is 21.9. The summed E-state index contributed by atoms with van der Waals surface area (Å²) in [6.45, 7) is 18.8. The second-order valence-corrected chi connectivity index (χ2v) is 31.1. The Bertz CT molecular complexity index is 2350. The Morgan fingerprint density at radius 1 is 0.716 bits per heavy atom. The van der Waals surface area contributed by atoms with Crippen LogP contribution in [0.5, 0.6) is 0 Å². The van der Waals surface area contributed by atoms with E-state index in [1.807, 2.05) is 74.5 Å². The van der Waals surface area contributed by atoms with E-state index in [4.69, 9.17) is 27.8 Å². The second-order valence-electron chi connectivity index (χ2n) is 19.9. The molecule has 0 N–H and O–H groups in total. The van der Waals surface area contributed by atoms with E-state index in [-0.39, 0.29) is 35.2 Å². The molecular weight excluding hydrogens is 889 g/mol. The molecule has 2 aliphatic rings. The number of ether oxygens (including phenoxy) is 4. The molecule has 0 bridgehead atoms. The Labute approximate surface area is 403 Å². The minimum Gasteiger partial charge on any atom is -0.409 e. The van der Waals surface area contributed by atoms with Gasteiger partial charge < -0.3 is 27.8 Å². The molecule has 0 amide bonds. The van der Waals surface area contributed by atoms with Crippen molar-refractivity contribution in [1.29, 1.82) is 0 Å². The van der Waals surface area contributed by atoms with Crippen LogP contribution in [0.15, 0.2) is 150 Å². The monoisotopic (exact) mass is 962 g/mol. The molecule has 6 atom stereocenters. The first-order chi connectivity index (χ1) is 32.1. The molecule has 2 heterocycles. The van der Waals surface area contributed by atoms with Gasteiger partial charge in [-0.2, -0.15) is 0 Å². The molecule has 5 aromatic rings. The van der Waals surface area contributed by atoms with Gasteiger partial charge in [-0.05, 0) is 83.5 Å². The van der Waals surface area contributed by atoms with E-state index in [9.17, 15) is 0 Å². The summed E-state index contributed by atoms with van der Waals surface area (Å²) in [5.74, 6) is 0. The molecular formula is C56H74O8SSi2. The number of epoxide rings is 1.